The second-order valence-electron chi connectivity index (χ2n) is 3.31. The van der Waals surface area contributed by atoms with Gasteiger partial charge in [-0.3, -0.25) is 14.9 Å². The maximum Gasteiger partial charge on any atom is 0.326 e. The summed E-state index contributed by atoms with van der Waals surface area (Å²) in [6.45, 7) is -0.199. The third kappa shape index (κ3) is 3.67. The second-order valence-corrected chi connectivity index (χ2v) is 4.23. The molecule has 0 heterocycles. The highest BCUT2D eigenvalue weighted by molar-refractivity contribution is 9.10. The predicted octanol–water partition coefficient (Wildman–Crippen LogP) is 1.24. The number of benzene rings is 1. The fourth-order valence-electron chi connectivity index (χ4n) is 1.15. The van der Waals surface area contributed by atoms with Crippen LogP contribution in [-0.2, 0) is 9.53 Å². The van der Waals surface area contributed by atoms with Crippen LogP contribution < -0.4 is 10.5 Å². The number of methoxy groups -OCH3 is 1. The first-order valence-electron chi connectivity index (χ1n) is 4.86. The first kappa shape index (κ1) is 14.4. The van der Waals surface area contributed by atoms with E-state index in [0.29, 0.717) is 4.47 Å². The van der Waals surface area contributed by atoms with Gasteiger partial charge in [0.1, 0.15) is 12.6 Å². The molecule has 1 aromatic rings. The van der Waals surface area contributed by atoms with Gasteiger partial charge in [-0.05, 0) is 12.1 Å². The highest BCUT2D eigenvalue weighted by Crippen LogP contribution is 2.30. The first-order valence-corrected chi connectivity index (χ1v) is 5.65. The molecule has 0 aromatic heterocycles. The number of halogens is 1. The van der Waals surface area contributed by atoms with Gasteiger partial charge < -0.3 is 15.2 Å². The molecule has 8 heteroatoms. The van der Waals surface area contributed by atoms with E-state index in [1.54, 1.807) is 6.07 Å². The standard InChI is InChI=1S/C10H11BrN2O5/c1-17-10(14)7(12)5-18-9-3-2-6(11)4-8(9)13(15)16/h2-4,7H,5,12H2,1H3. The van der Waals surface area contributed by atoms with E-state index >= 15 is 0 Å². The number of nitrogens with zero attached hydrogens (tertiary/aromatic N) is 1. The van der Waals surface area contributed by atoms with Gasteiger partial charge >= 0.3 is 11.7 Å². The summed E-state index contributed by atoms with van der Waals surface area (Å²) in [5, 5.41) is 10.8. The number of nitro benzene ring substituents is 1. The molecule has 1 unspecified atom stereocenters. The number of nitro groups is 1. The number of ether oxygens (including phenoxy) is 2. The third-order valence-electron chi connectivity index (χ3n) is 2.04. The molecule has 1 atom stereocenters. The molecule has 98 valence electrons. The van der Waals surface area contributed by atoms with Crippen LogP contribution in [0.25, 0.3) is 0 Å². The summed E-state index contributed by atoms with van der Waals surface area (Å²) in [5.41, 5.74) is 5.25. The number of rotatable bonds is 5. The summed E-state index contributed by atoms with van der Waals surface area (Å²) >= 11 is 3.12. The minimum Gasteiger partial charge on any atom is -0.485 e. The fraction of sp³-hybridized carbons (Fsp3) is 0.300. The molecule has 0 amide bonds. The van der Waals surface area contributed by atoms with Gasteiger partial charge in [0.05, 0.1) is 12.0 Å². The second kappa shape index (κ2) is 6.31. The van der Waals surface area contributed by atoms with Gasteiger partial charge in [0.15, 0.2) is 5.75 Å². The molecule has 0 spiro atoms. The van der Waals surface area contributed by atoms with E-state index in [1.165, 1.54) is 19.2 Å². The lowest BCUT2D eigenvalue weighted by Crippen LogP contribution is -2.37. The van der Waals surface area contributed by atoms with E-state index in [-0.39, 0.29) is 18.0 Å². The van der Waals surface area contributed by atoms with Gasteiger partial charge in [-0.1, -0.05) is 15.9 Å². The van der Waals surface area contributed by atoms with Crippen molar-refractivity contribution in [2.75, 3.05) is 13.7 Å². The van der Waals surface area contributed by atoms with E-state index in [2.05, 4.69) is 20.7 Å². The number of esters is 1. The number of hydrogen-bond acceptors (Lipinski definition) is 6. The van der Waals surface area contributed by atoms with Crippen molar-refractivity contribution in [1.29, 1.82) is 0 Å². The van der Waals surface area contributed by atoms with Crippen molar-refractivity contribution in [2.45, 2.75) is 6.04 Å². The van der Waals surface area contributed by atoms with Crippen molar-refractivity contribution in [1.82, 2.24) is 0 Å². The summed E-state index contributed by atoms with van der Waals surface area (Å²) in [5.74, 6) is -0.600. The lowest BCUT2D eigenvalue weighted by molar-refractivity contribution is -0.385. The molecule has 0 aliphatic carbocycles. The van der Waals surface area contributed by atoms with Crippen molar-refractivity contribution < 1.29 is 19.2 Å². The number of hydrogen-bond donors (Lipinski definition) is 1. The lowest BCUT2D eigenvalue weighted by Gasteiger charge is -2.11. The Kier molecular flexibility index (Phi) is 5.05. The molecule has 0 aliphatic rings. The summed E-state index contributed by atoms with van der Waals surface area (Å²) in [7, 11) is 1.20. The molecule has 0 aliphatic heterocycles. The molecule has 0 bridgehead atoms. The van der Waals surface area contributed by atoms with Crippen molar-refractivity contribution in [2.24, 2.45) is 5.73 Å². The van der Waals surface area contributed by atoms with Gasteiger partial charge in [0.25, 0.3) is 0 Å². The largest absolute Gasteiger partial charge is 0.485 e. The van der Waals surface area contributed by atoms with Gasteiger partial charge in [0, 0.05) is 10.5 Å². The van der Waals surface area contributed by atoms with Gasteiger partial charge in [-0.2, -0.15) is 0 Å². The minimum atomic E-state index is -0.988. The van der Waals surface area contributed by atoms with E-state index in [0.717, 1.165) is 0 Å². The molecule has 1 rings (SSSR count). The SMILES string of the molecule is COC(=O)C(N)COc1ccc(Br)cc1[N+](=O)[O-]. The van der Waals surface area contributed by atoms with Crippen LogP contribution >= 0.6 is 15.9 Å². The lowest BCUT2D eigenvalue weighted by atomic mass is 10.3. The maximum atomic E-state index is 11.0. The van der Waals surface area contributed by atoms with Gasteiger partial charge in [-0.25, -0.2) is 0 Å². The van der Waals surface area contributed by atoms with Crippen molar-refractivity contribution in [3.63, 3.8) is 0 Å². The molecule has 2 N–H and O–H groups in total. The number of nitrogens with two attached hydrogens (primary N) is 1. The zero-order valence-corrected chi connectivity index (χ0v) is 11.0. The Bertz CT molecular complexity index is 466. The van der Waals surface area contributed by atoms with Crippen molar-refractivity contribution in [3.8, 4) is 5.75 Å². The summed E-state index contributed by atoms with van der Waals surface area (Å²) in [6.07, 6.45) is 0. The third-order valence-corrected chi connectivity index (χ3v) is 2.53. The molecule has 0 fully saturated rings. The zero-order valence-electron chi connectivity index (χ0n) is 9.46. The fourth-order valence-corrected chi connectivity index (χ4v) is 1.50. The molecular weight excluding hydrogens is 308 g/mol. The van der Waals surface area contributed by atoms with Crippen LogP contribution in [0.5, 0.6) is 5.75 Å². The van der Waals surface area contributed by atoms with Crippen LogP contribution in [0.1, 0.15) is 0 Å². The Labute approximate surface area is 111 Å². The average Bonchev–Trinajstić information content (AvgIpc) is 2.35. The van der Waals surface area contributed by atoms with E-state index in [4.69, 9.17) is 10.5 Å². The number of carbonyl (C=O) groups excluding carboxylic acids is 1. The first-order chi connectivity index (χ1) is 8.45. The molecule has 0 saturated carbocycles. The summed E-state index contributed by atoms with van der Waals surface area (Å²) in [4.78, 5) is 21.2. The Morgan fingerprint density at radius 2 is 2.28 bits per heavy atom. The average molecular weight is 319 g/mol. The van der Waals surface area contributed by atoms with Gasteiger partial charge in [0.2, 0.25) is 0 Å². The quantitative estimate of drug-likeness (QED) is 0.497. The summed E-state index contributed by atoms with van der Waals surface area (Å²) in [6, 6.07) is 3.33. The molecule has 7 nitrogen and oxygen atoms in total. The van der Waals surface area contributed by atoms with E-state index in [1.807, 2.05) is 0 Å². The topological polar surface area (TPSA) is 105 Å². The Morgan fingerprint density at radius 1 is 1.61 bits per heavy atom. The molecule has 1 aromatic carbocycles. The predicted molar refractivity (Wildman–Crippen MR) is 66.3 cm³/mol. The normalized spacial score (nSPS) is 11.7. The molecular formula is C10H11BrN2O5. The van der Waals surface area contributed by atoms with Crippen molar-refractivity contribution >= 4 is 27.6 Å². The van der Waals surface area contributed by atoms with Crippen LogP contribution in [0, 0.1) is 10.1 Å². The molecule has 18 heavy (non-hydrogen) atoms. The van der Waals surface area contributed by atoms with Crippen LogP contribution in [0.2, 0.25) is 0 Å². The minimum absolute atomic E-state index is 0.0440. The summed E-state index contributed by atoms with van der Waals surface area (Å²) < 4.78 is 10.1. The van der Waals surface area contributed by atoms with Crippen LogP contribution in [0.3, 0.4) is 0 Å². The van der Waals surface area contributed by atoms with Gasteiger partial charge in [-0.15, -0.1) is 0 Å². The smallest absolute Gasteiger partial charge is 0.326 e. The van der Waals surface area contributed by atoms with Crippen LogP contribution in [0.15, 0.2) is 22.7 Å². The monoisotopic (exact) mass is 318 g/mol. The van der Waals surface area contributed by atoms with Crippen molar-refractivity contribution in [3.05, 3.63) is 32.8 Å². The Balaban J connectivity index is 2.79. The Morgan fingerprint density at radius 3 is 2.83 bits per heavy atom. The number of carbonyl (C=O) groups is 1. The van der Waals surface area contributed by atoms with Crippen LogP contribution in [-0.4, -0.2) is 30.7 Å². The molecule has 0 radical (unpaired) electrons. The van der Waals surface area contributed by atoms with E-state index < -0.39 is 16.9 Å². The highest BCUT2D eigenvalue weighted by Gasteiger charge is 2.19. The van der Waals surface area contributed by atoms with Crippen LogP contribution in [0.4, 0.5) is 5.69 Å². The molecule has 0 saturated heterocycles. The maximum absolute atomic E-state index is 11.0. The Hall–Kier alpha value is -1.67. The zero-order chi connectivity index (χ0) is 13.7. The highest BCUT2D eigenvalue weighted by atomic mass is 79.9. The van der Waals surface area contributed by atoms with E-state index in [9.17, 15) is 14.9 Å².